The van der Waals surface area contributed by atoms with Crippen LogP contribution in [0.4, 0.5) is 4.39 Å². The molecule has 2 nitrogen and oxygen atoms in total. The van der Waals surface area contributed by atoms with E-state index in [0.717, 1.165) is 0 Å². The molecule has 0 heterocycles. The first kappa shape index (κ1) is 16.0. The number of thioether (sulfide) groups is 1. The van der Waals surface area contributed by atoms with Crippen molar-refractivity contribution in [1.29, 1.82) is 0 Å². The number of rotatable bonds is 5. The van der Waals surface area contributed by atoms with Gasteiger partial charge in [0.2, 0.25) is 0 Å². The molecule has 0 aliphatic carbocycles. The minimum absolute atomic E-state index is 0.00215. The maximum absolute atomic E-state index is 13.5. The topological polar surface area (TPSA) is 38.0 Å². The van der Waals surface area contributed by atoms with Gasteiger partial charge in [-0.1, -0.05) is 18.1 Å². The van der Waals surface area contributed by atoms with Crippen LogP contribution in [0.25, 0.3) is 0 Å². The molecule has 0 saturated heterocycles. The second kappa shape index (κ2) is 7.54. The van der Waals surface area contributed by atoms with Crippen molar-refractivity contribution in [2.45, 2.75) is 38.1 Å². The SMILES string of the molecule is CC(C)(C)C#CCC(CSc1ccccc1F)NN. The highest BCUT2D eigenvalue weighted by molar-refractivity contribution is 7.99. The third kappa shape index (κ3) is 6.63. The smallest absolute Gasteiger partial charge is 0.136 e. The van der Waals surface area contributed by atoms with Crippen LogP contribution in [-0.4, -0.2) is 11.8 Å². The van der Waals surface area contributed by atoms with E-state index in [9.17, 15) is 4.39 Å². The molecule has 0 amide bonds. The molecule has 0 radical (unpaired) electrons. The normalized spacial score (nSPS) is 12.7. The Kier molecular flexibility index (Phi) is 6.36. The second-order valence-corrected chi connectivity index (χ2v) is 6.42. The molecular formula is C15H21FN2S. The first-order valence-electron chi connectivity index (χ1n) is 6.26. The third-order valence-electron chi connectivity index (χ3n) is 2.32. The predicted molar refractivity (Wildman–Crippen MR) is 80.1 cm³/mol. The zero-order chi connectivity index (χ0) is 14.3. The first-order chi connectivity index (χ1) is 8.92. The Bertz CT molecular complexity index is 457. The molecule has 104 valence electrons. The van der Waals surface area contributed by atoms with Crippen LogP contribution in [0.5, 0.6) is 0 Å². The predicted octanol–water partition coefficient (Wildman–Crippen LogP) is 3.19. The molecule has 1 rings (SSSR count). The zero-order valence-electron chi connectivity index (χ0n) is 11.7. The van der Waals surface area contributed by atoms with Gasteiger partial charge in [-0.3, -0.25) is 11.3 Å². The molecular weight excluding hydrogens is 259 g/mol. The van der Waals surface area contributed by atoms with Gasteiger partial charge in [0.25, 0.3) is 0 Å². The van der Waals surface area contributed by atoms with Gasteiger partial charge in [0.05, 0.1) is 0 Å². The molecule has 0 bridgehead atoms. The van der Waals surface area contributed by atoms with Crippen molar-refractivity contribution in [2.24, 2.45) is 11.3 Å². The maximum atomic E-state index is 13.5. The molecule has 1 aromatic rings. The van der Waals surface area contributed by atoms with E-state index in [1.54, 1.807) is 12.1 Å². The molecule has 0 aliphatic rings. The number of nitrogens with one attached hydrogen (secondary N) is 1. The van der Waals surface area contributed by atoms with Crippen LogP contribution in [0.3, 0.4) is 0 Å². The van der Waals surface area contributed by atoms with Crippen LogP contribution < -0.4 is 11.3 Å². The Balaban J connectivity index is 2.49. The van der Waals surface area contributed by atoms with Crippen molar-refractivity contribution in [3.63, 3.8) is 0 Å². The summed E-state index contributed by atoms with van der Waals surface area (Å²) in [5.74, 6) is 12.3. The third-order valence-corrected chi connectivity index (χ3v) is 3.54. The highest BCUT2D eigenvalue weighted by atomic mass is 32.2. The molecule has 1 unspecified atom stereocenters. The van der Waals surface area contributed by atoms with Gasteiger partial charge in [-0.15, -0.1) is 17.7 Å². The molecule has 0 aromatic heterocycles. The molecule has 0 aliphatic heterocycles. The number of hydrogen-bond donors (Lipinski definition) is 2. The van der Waals surface area contributed by atoms with Crippen LogP contribution in [-0.2, 0) is 0 Å². The summed E-state index contributed by atoms with van der Waals surface area (Å²) >= 11 is 1.45. The molecule has 1 atom stereocenters. The van der Waals surface area contributed by atoms with E-state index in [-0.39, 0.29) is 17.3 Å². The van der Waals surface area contributed by atoms with Gasteiger partial charge >= 0.3 is 0 Å². The highest BCUT2D eigenvalue weighted by Crippen LogP contribution is 2.22. The highest BCUT2D eigenvalue weighted by Gasteiger charge is 2.09. The lowest BCUT2D eigenvalue weighted by atomic mass is 9.97. The number of halogens is 1. The minimum atomic E-state index is -0.191. The Morgan fingerprint density at radius 3 is 2.63 bits per heavy atom. The van der Waals surface area contributed by atoms with Crippen molar-refractivity contribution in [2.75, 3.05) is 5.75 Å². The van der Waals surface area contributed by atoms with E-state index in [2.05, 4.69) is 38.0 Å². The van der Waals surface area contributed by atoms with E-state index in [0.29, 0.717) is 17.1 Å². The lowest BCUT2D eigenvalue weighted by Gasteiger charge is -2.13. The fourth-order valence-corrected chi connectivity index (χ4v) is 2.33. The van der Waals surface area contributed by atoms with E-state index in [1.165, 1.54) is 17.8 Å². The maximum Gasteiger partial charge on any atom is 0.136 e. The molecule has 0 spiro atoms. The average Bonchev–Trinajstić information content (AvgIpc) is 2.34. The lowest BCUT2D eigenvalue weighted by molar-refractivity contribution is 0.564. The van der Waals surface area contributed by atoms with Crippen LogP contribution in [0, 0.1) is 23.1 Å². The fraction of sp³-hybridized carbons (Fsp3) is 0.467. The molecule has 0 saturated carbocycles. The first-order valence-corrected chi connectivity index (χ1v) is 7.24. The van der Waals surface area contributed by atoms with Crippen LogP contribution in [0.15, 0.2) is 29.2 Å². The van der Waals surface area contributed by atoms with Crippen molar-refractivity contribution in [3.8, 4) is 11.8 Å². The van der Waals surface area contributed by atoms with Crippen molar-refractivity contribution >= 4 is 11.8 Å². The average molecular weight is 280 g/mol. The standard InChI is InChI=1S/C15H21FN2S/c1-15(2,3)10-6-7-12(18-17)11-19-14-9-5-4-8-13(14)16/h4-5,8-9,12,18H,7,11,17H2,1-3H3. The fourth-order valence-electron chi connectivity index (χ4n) is 1.36. The van der Waals surface area contributed by atoms with Gasteiger partial charge in [0.1, 0.15) is 5.82 Å². The molecule has 3 N–H and O–H groups in total. The van der Waals surface area contributed by atoms with Gasteiger partial charge in [0, 0.05) is 28.5 Å². The summed E-state index contributed by atoms with van der Waals surface area (Å²) in [5.41, 5.74) is 2.73. The van der Waals surface area contributed by atoms with Gasteiger partial charge < -0.3 is 0 Å². The minimum Gasteiger partial charge on any atom is -0.271 e. The number of hydrogen-bond acceptors (Lipinski definition) is 3. The summed E-state index contributed by atoms with van der Waals surface area (Å²) in [6, 6.07) is 6.81. The van der Waals surface area contributed by atoms with Gasteiger partial charge in [0.15, 0.2) is 0 Å². The second-order valence-electron chi connectivity index (χ2n) is 5.36. The van der Waals surface area contributed by atoms with Crippen molar-refractivity contribution in [3.05, 3.63) is 30.1 Å². The summed E-state index contributed by atoms with van der Waals surface area (Å²) in [4.78, 5) is 0.645. The van der Waals surface area contributed by atoms with Gasteiger partial charge in [-0.25, -0.2) is 4.39 Å². The van der Waals surface area contributed by atoms with Crippen LogP contribution in [0.2, 0.25) is 0 Å². The Hall–Kier alpha value is -1.02. The number of benzene rings is 1. The van der Waals surface area contributed by atoms with E-state index >= 15 is 0 Å². The summed E-state index contributed by atoms with van der Waals surface area (Å²) in [6.45, 7) is 6.21. The Morgan fingerprint density at radius 1 is 1.37 bits per heavy atom. The number of hydrazine groups is 1. The quantitative estimate of drug-likeness (QED) is 0.376. The largest absolute Gasteiger partial charge is 0.271 e. The van der Waals surface area contributed by atoms with Gasteiger partial charge in [-0.05, 0) is 32.9 Å². The molecule has 19 heavy (non-hydrogen) atoms. The Labute approximate surface area is 119 Å². The number of nitrogens with two attached hydrogens (primary N) is 1. The molecule has 0 fully saturated rings. The van der Waals surface area contributed by atoms with E-state index in [4.69, 9.17) is 5.84 Å². The molecule has 1 aromatic carbocycles. The monoisotopic (exact) mass is 280 g/mol. The van der Waals surface area contributed by atoms with Crippen LogP contribution in [0.1, 0.15) is 27.2 Å². The summed E-state index contributed by atoms with van der Waals surface area (Å²) in [5, 5.41) is 0. The zero-order valence-corrected chi connectivity index (χ0v) is 12.5. The van der Waals surface area contributed by atoms with Gasteiger partial charge in [-0.2, -0.15) is 0 Å². The Morgan fingerprint density at radius 2 is 2.05 bits per heavy atom. The summed E-state index contributed by atoms with van der Waals surface area (Å²) in [6.07, 6.45) is 0.662. The van der Waals surface area contributed by atoms with Crippen molar-refractivity contribution < 1.29 is 4.39 Å². The van der Waals surface area contributed by atoms with E-state index < -0.39 is 0 Å². The molecule has 4 heteroatoms. The van der Waals surface area contributed by atoms with E-state index in [1.807, 2.05) is 6.07 Å². The lowest BCUT2D eigenvalue weighted by Crippen LogP contribution is -2.36. The summed E-state index contributed by atoms with van der Waals surface area (Å²) < 4.78 is 13.5. The summed E-state index contributed by atoms with van der Waals surface area (Å²) in [7, 11) is 0. The van der Waals surface area contributed by atoms with Crippen LogP contribution >= 0.6 is 11.8 Å². The van der Waals surface area contributed by atoms with Crippen molar-refractivity contribution in [1.82, 2.24) is 5.43 Å².